The van der Waals surface area contributed by atoms with Crippen LogP contribution in [0.2, 0.25) is 0 Å². The molecule has 0 spiro atoms. The van der Waals surface area contributed by atoms with E-state index in [1.807, 2.05) is 13.8 Å². The molecule has 1 unspecified atom stereocenters. The predicted molar refractivity (Wildman–Crippen MR) is 81.2 cm³/mol. The van der Waals surface area contributed by atoms with Crippen LogP contribution < -0.4 is 5.32 Å². The fourth-order valence-corrected chi connectivity index (χ4v) is 1.83. The summed E-state index contributed by atoms with van der Waals surface area (Å²) in [4.78, 5) is 32.9. The van der Waals surface area contributed by atoms with E-state index >= 15 is 0 Å². The highest BCUT2D eigenvalue weighted by Gasteiger charge is 2.19. The van der Waals surface area contributed by atoms with Crippen molar-refractivity contribution in [3.8, 4) is 0 Å². The lowest BCUT2D eigenvalue weighted by Gasteiger charge is -2.15. The first kappa shape index (κ1) is 17.4. The number of benzene rings is 1. The van der Waals surface area contributed by atoms with Gasteiger partial charge in [-0.05, 0) is 24.0 Å². The van der Waals surface area contributed by atoms with E-state index in [2.05, 4.69) is 5.32 Å². The van der Waals surface area contributed by atoms with E-state index in [1.54, 1.807) is 6.07 Å². The zero-order chi connectivity index (χ0) is 16.7. The molecule has 1 aromatic rings. The maximum atomic E-state index is 11.7. The Balaban J connectivity index is 2.72. The minimum atomic E-state index is -1.09. The molecule has 0 heterocycles. The second kappa shape index (κ2) is 7.92. The lowest BCUT2D eigenvalue weighted by atomic mass is 10.0. The van der Waals surface area contributed by atoms with Crippen LogP contribution in [-0.4, -0.2) is 27.9 Å². The zero-order valence-corrected chi connectivity index (χ0v) is 12.4. The highest BCUT2D eigenvalue weighted by Crippen LogP contribution is 2.14. The lowest BCUT2D eigenvalue weighted by molar-refractivity contribution is -0.384. The first-order valence-electron chi connectivity index (χ1n) is 6.75. The summed E-state index contributed by atoms with van der Waals surface area (Å²) in [6.07, 6.45) is 2.89. The number of non-ortho nitro benzene ring substituents is 1. The van der Waals surface area contributed by atoms with E-state index in [0.717, 1.165) is 6.08 Å². The number of hydrogen-bond donors (Lipinski definition) is 2. The van der Waals surface area contributed by atoms with Gasteiger partial charge in [-0.3, -0.25) is 14.9 Å². The molecule has 0 saturated carbocycles. The normalized spacial score (nSPS) is 12.3. The summed E-state index contributed by atoms with van der Waals surface area (Å²) in [6, 6.07) is 4.84. The van der Waals surface area contributed by atoms with Gasteiger partial charge in [-0.1, -0.05) is 26.0 Å². The van der Waals surface area contributed by atoms with E-state index in [9.17, 15) is 19.7 Å². The van der Waals surface area contributed by atoms with Crippen molar-refractivity contribution in [2.45, 2.75) is 26.3 Å². The van der Waals surface area contributed by atoms with E-state index < -0.39 is 22.8 Å². The Labute approximate surface area is 127 Å². The summed E-state index contributed by atoms with van der Waals surface area (Å²) < 4.78 is 0. The summed E-state index contributed by atoms with van der Waals surface area (Å²) in [6.45, 7) is 3.72. The molecule has 7 nitrogen and oxygen atoms in total. The van der Waals surface area contributed by atoms with Crippen LogP contribution in [0.5, 0.6) is 0 Å². The lowest BCUT2D eigenvalue weighted by Crippen LogP contribution is -2.40. The molecule has 0 aromatic heterocycles. The van der Waals surface area contributed by atoms with E-state index in [0.29, 0.717) is 12.0 Å². The number of hydrogen-bond acceptors (Lipinski definition) is 4. The van der Waals surface area contributed by atoms with Gasteiger partial charge in [-0.25, -0.2) is 4.79 Å². The van der Waals surface area contributed by atoms with Crippen LogP contribution in [0.3, 0.4) is 0 Å². The predicted octanol–water partition coefficient (Wildman–Crippen LogP) is 2.22. The zero-order valence-electron chi connectivity index (χ0n) is 12.4. The van der Waals surface area contributed by atoms with Gasteiger partial charge in [0.25, 0.3) is 5.69 Å². The van der Waals surface area contributed by atoms with Crippen molar-refractivity contribution in [2.24, 2.45) is 5.92 Å². The molecule has 118 valence electrons. The van der Waals surface area contributed by atoms with Gasteiger partial charge in [0.15, 0.2) is 0 Å². The number of nitrogens with one attached hydrogen (secondary N) is 1. The molecule has 0 aliphatic rings. The number of rotatable bonds is 7. The van der Waals surface area contributed by atoms with Crippen molar-refractivity contribution in [2.75, 3.05) is 0 Å². The molecule has 1 rings (SSSR count). The standard InChI is InChI=1S/C15H18N2O5/c1-10(2)8-13(15(19)20)16-14(18)7-6-11-4-3-5-12(9-11)17(21)22/h3-7,9-10,13H,8H2,1-2H3,(H,16,18)(H,19,20)/b7-6+. The first-order valence-corrected chi connectivity index (χ1v) is 6.75. The molecule has 1 aromatic carbocycles. The van der Waals surface area contributed by atoms with Crippen molar-refractivity contribution < 1.29 is 19.6 Å². The maximum Gasteiger partial charge on any atom is 0.326 e. The second-order valence-electron chi connectivity index (χ2n) is 5.21. The molecular formula is C15H18N2O5. The van der Waals surface area contributed by atoms with E-state index in [-0.39, 0.29) is 11.6 Å². The van der Waals surface area contributed by atoms with Gasteiger partial charge in [0, 0.05) is 18.2 Å². The van der Waals surface area contributed by atoms with Gasteiger partial charge < -0.3 is 10.4 Å². The Hall–Kier alpha value is -2.70. The minimum Gasteiger partial charge on any atom is -0.480 e. The summed E-state index contributed by atoms with van der Waals surface area (Å²) in [7, 11) is 0. The van der Waals surface area contributed by atoms with Gasteiger partial charge in [0.2, 0.25) is 5.91 Å². The van der Waals surface area contributed by atoms with Crippen LogP contribution >= 0.6 is 0 Å². The van der Waals surface area contributed by atoms with E-state index in [1.165, 1.54) is 24.3 Å². The third-order valence-corrected chi connectivity index (χ3v) is 2.83. The number of nitrogens with zero attached hydrogens (tertiary/aromatic N) is 1. The number of carboxylic acid groups (broad SMARTS) is 1. The number of aliphatic carboxylic acids is 1. The number of amides is 1. The Bertz CT molecular complexity index is 595. The molecule has 0 aliphatic heterocycles. The Morgan fingerprint density at radius 3 is 2.64 bits per heavy atom. The largest absolute Gasteiger partial charge is 0.480 e. The van der Waals surface area contributed by atoms with Gasteiger partial charge in [0.1, 0.15) is 6.04 Å². The monoisotopic (exact) mass is 306 g/mol. The van der Waals surface area contributed by atoms with Crippen LogP contribution in [0.15, 0.2) is 30.3 Å². The van der Waals surface area contributed by atoms with Gasteiger partial charge in [-0.15, -0.1) is 0 Å². The molecule has 7 heteroatoms. The molecule has 1 amide bonds. The second-order valence-corrected chi connectivity index (χ2v) is 5.21. The minimum absolute atomic E-state index is 0.0780. The summed E-state index contributed by atoms with van der Waals surface area (Å²) in [5.41, 5.74) is 0.408. The van der Waals surface area contributed by atoms with E-state index in [4.69, 9.17) is 5.11 Å². The Morgan fingerprint density at radius 2 is 2.09 bits per heavy atom. The highest BCUT2D eigenvalue weighted by molar-refractivity contribution is 5.94. The van der Waals surface area contributed by atoms with Gasteiger partial charge in [0.05, 0.1) is 4.92 Å². The van der Waals surface area contributed by atoms with Crippen molar-refractivity contribution in [3.05, 3.63) is 46.0 Å². The molecule has 0 radical (unpaired) electrons. The number of carbonyl (C=O) groups is 2. The number of carbonyl (C=O) groups excluding carboxylic acids is 1. The van der Waals surface area contributed by atoms with Crippen LogP contribution in [0, 0.1) is 16.0 Å². The molecule has 0 fully saturated rings. The van der Waals surface area contributed by atoms with Crippen LogP contribution in [0.25, 0.3) is 6.08 Å². The number of nitro groups is 1. The molecule has 0 saturated heterocycles. The average molecular weight is 306 g/mol. The quantitative estimate of drug-likeness (QED) is 0.456. The van der Waals surface area contributed by atoms with Crippen molar-refractivity contribution in [1.29, 1.82) is 0 Å². The van der Waals surface area contributed by atoms with Gasteiger partial charge in [-0.2, -0.15) is 0 Å². The maximum absolute atomic E-state index is 11.7. The molecule has 1 atom stereocenters. The molecule has 0 aliphatic carbocycles. The van der Waals surface area contributed by atoms with Crippen molar-refractivity contribution in [3.63, 3.8) is 0 Å². The van der Waals surface area contributed by atoms with Crippen molar-refractivity contribution >= 4 is 23.6 Å². The van der Waals surface area contributed by atoms with Crippen LogP contribution in [-0.2, 0) is 9.59 Å². The third-order valence-electron chi connectivity index (χ3n) is 2.83. The molecule has 0 bridgehead atoms. The summed E-state index contributed by atoms with van der Waals surface area (Å²) >= 11 is 0. The smallest absolute Gasteiger partial charge is 0.326 e. The van der Waals surface area contributed by atoms with Crippen LogP contribution in [0.1, 0.15) is 25.8 Å². The number of nitro benzene ring substituents is 1. The SMILES string of the molecule is CC(C)CC(NC(=O)/C=C/c1cccc([N+](=O)[O-])c1)C(=O)O. The molecule has 22 heavy (non-hydrogen) atoms. The average Bonchev–Trinajstić information content (AvgIpc) is 2.44. The summed E-state index contributed by atoms with van der Waals surface area (Å²) in [5.74, 6) is -1.52. The van der Waals surface area contributed by atoms with Crippen LogP contribution in [0.4, 0.5) is 5.69 Å². The Kier molecular flexibility index (Phi) is 6.25. The van der Waals surface area contributed by atoms with Crippen molar-refractivity contribution in [1.82, 2.24) is 5.32 Å². The van der Waals surface area contributed by atoms with Gasteiger partial charge >= 0.3 is 5.97 Å². The highest BCUT2D eigenvalue weighted by atomic mass is 16.6. The summed E-state index contributed by atoms with van der Waals surface area (Å²) in [5, 5.41) is 22.1. The Morgan fingerprint density at radius 1 is 1.41 bits per heavy atom. The fraction of sp³-hybridized carbons (Fsp3) is 0.333. The first-order chi connectivity index (χ1) is 10.3. The number of carboxylic acids is 1. The molecular weight excluding hydrogens is 288 g/mol. The third kappa shape index (κ3) is 5.74. The topological polar surface area (TPSA) is 110 Å². The fourth-order valence-electron chi connectivity index (χ4n) is 1.83. The molecule has 2 N–H and O–H groups in total.